The molecular weight excluding hydrogens is 333 g/mol. The standard InChI is InChI=1S/C18H33F3N2O2/c1-3-6-16(25-18(19,20)21)9-10-17(22)23-15(4-2)8-5-7-14-11-12-24-13-14/h9,14-15,17,23H,3-8,10-13,22H2,1-2H3/b16-9+/t14-,15?,17?/m1/s1. The van der Waals surface area contributed by atoms with Crippen molar-refractivity contribution in [2.45, 2.75) is 83.8 Å². The maximum Gasteiger partial charge on any atom is 0.572 e. The fraction of sp³-hybridized carbons (Fsp3) is 0.889. The van der Waals surface area contributed by atoms with Crippen molar-refractivity contribution in [3.05, 3.63) is 11.8 Å². The molecule has 0 bridgehead atoms. The van der Waals surface area contributed by atoms with Crippen molar-refractivity contribution in [3.63, 3.8) is 0 Å². The number of nitrogens with two attached hydrogens (primary N) is 1. The Bertz CT molecular complexity index is 383. The molecule has 25 heavy (non-hydrogen) atoms. The van der Waals surface area contributed by atoms with E-state index in [1.54, 1.807) is 0 Å². The molecule has 148 valence electrons. The zero-order valence-electron chi connectivity index (χ0n) is 15.4. The molecule has 3 N–H and O–H groups in total. The lowest BCUT2D eigenvalue weighted by Crippen LogP contribution is -2.43. The Labute approximate surface area is 149 Å². The van der Waals surface area contributed by atoms with E-state index in [0.717, 1.165) is 45.3 Å². The summed E-state index contributed by atoms with van der Waals surface area (Å²) in [7, 11) is 0. The SMILES string of the molecule is CCC/C(=C\CC(N)NC(CC)CCC[C@@H]1CCOC1)OC(F)(F)F. The van der Waals surface area contributed by atoms with Crippen LogP contribution in [0.25, 0.3) is 0 Å². The number of ether oxygens (including phenoxy) is 2. The highest BCUT2D eigenvalue weighted by Gasteiger charge is 2.31. The lowest BCUT2D eigenvalue weighted by Gasteiger charge is -2.22. The Morgan fingerprint density at radius 2 is 2.16 bits per heavy atom. The van der Waals surface area contributed by atoms with Crippen LogP contribution in [0.3, 0.4) is 0 Å². The average Bonchev–Trinajstić information content (AvgIpc) is 3.04. The zero-order valence-corrected chi connectivity index (χ0v) is 15.4. The van der Waals surface area contributed by atoms with Gasteiger partial charge >= 0.3 is 6.36 Å². The Morgan fingerprint density at radius 3 is 2.72 bits per heavy atom. The number of alkyl halides is 3. The van der Waals surface area contributed by atoms with Crippen LogP contribution >= 0.6 is 0 Å². The van der Waals surface area contributed by atoms with Gasteiger partial charge < -0.3 is 15.2 Å². The predicted molar refractivity (Wildman–Crippen MR) is 92.7 cm³/mol. The Hall–Kier alpha value is -0.790. The number of rotatable bonds is 12. The normalized spacial score (nSPS) is 21.4. The van der Waals surface area contributed by atoms with Crippen molar-refractivity contribution in [1.29, 1.82) is 0 Å². The van der Waals surface area contributed by atoms with Gasteiger partial charge in [-0.05, 0) is 50.5 Å². The van der Waals surface area contributed by atoms with Crippen molar-refractivity contribution in [2.24, 2.45) is 11.7 Å². The van der Waals surface area contributed by atoms with E-state index in [0.29, 0.717) is 18.8 Å². The van der Waals surface area contributed by atoms with Gasteiger partial charge in [-0.1, -0.05) is 20.3 Å². The maximum absolute atomic E-state index is 12.4. The van der Waals surface area contributed by atoms with Crippen molar-refractivity contribution in [2.75, 3.05) is 13.2 Å². The van der Waals surface area contributed by atoms with Gasteiger partial charge in [0.05, 0.1) is 6.17 Å². The molecule has 0 saturated carbocycles. The van der Waals surface area contributed by atoms with Gasteiger partial charge in [0.25, 0.3) is 0 Å². The summed E-state index contributed by atoms with van der Waals surface area (Å²) in [5, 5.41) is 3.32. The van der Waals surface area contributed by atoms with Gasteiger partial charge in [-0.25, -0.2) is 0 Å². The van der Waals surface area contributed by atoms with Gasteiger partial charge in [0.1, 0.15) is 5.76 Å². The average molecular weight is 366 g/mol. The first-order chi connectivity index (χ1) is 11.8. The molecule has 1 aliphatic rings. The van der Waals surface area contributed by atoms with E-state index in [4.69, 9.17) is 10.5 Å². The lowest BCUT2D eigenvalue weighted by molar-refractivity contribution is -0.306. The summed E-state index contributed by atoms with van der Waals surface area (Å²) in [6.07, 6.45) is 2.99. The maximum atomic E-state index is 12.4. The van der Waals surface area contributed by atoms with E-state index in [9.17, 15) is 13.2 Å². The molecule has 1 saturated heterocycles. The molecule has 0 aromatic carbocycles. The summed E-state index contributed by atoms with van der Waals surface area (Å²) in [6, 6.07) is 0.281. The van der Waals surface area contributed by atoms with Crippen LogP contribution in [0.1, 0.15) is 65.2 Å². The minimum absolute atomic E-state index is 0.0541. The molecule has 0 aromatic heterocycles. The minimum Gasteiger partial charge on any atom is -0.411 e. The number of allylic oxidation sites excluding steroid dienone is 1. The quantitative estimate of drug-likeness (QED) is 0.396. The number of hydrogen-bond donors (Lipinski definition) is 2. The van der Waals surface area contributed by atoms with Crippen LogP contribution in [-0.4, -0.2) is 31.8 Å². The summed E-state index contributed by atoms with van der Waals surface area (Å²) < 4.78 is 46.5. The van der Waals surface area contributed by atoms with Gasteiger partial charge in [0, 0.05) is 25.7 Å². The molecule has 0 spiro atoms. The Morgan fingerprint density at radius 1 is 1.40 bits per heavy atom. The highest BCUT2D eigenvalue weighted by molar-refractivity contribution is 4.95. The van der Waals surface area contributed by atoms with Gasteiger partial charge in [-0.2, -0.15) is 0 Å². The second kappa shape index (κ2) is 11.8. The topological polar surface area (TPSA) is 56.5 Å². The Balaban J connectivity index is 2.34. The van der Waals surface area contributed by atoms with Crippen molar-refractivity contribution < 1.29 is 22.6 Å². The molecule has 1 rings (SSSR count). The number of nitrogens with one attached hydrogen (secondary N) is 1. The molecule has 0 aromatic rings. The molecule has 3 atom stereocenters. The van der Waals surface area contributed by atoms with Crippen molar-refractivity contribution >= 4 is 0 Å². The molecule has 1 aliphatic heterocycles. The zero-order chi connectivity index (χ0) is 18.7. The van der Waals surface area contributed by atoms with Crippen LogP contribution < -0.4 is 11.1 Å². The van der Waals surface area contributed by atoms with Crippen LogP contribution in [0.2, 0.25) is 0 Å². The van der Waals surface area contributed by atoms with E-state index in [2.05, 4.69) is 17.0 Å². The summed E-state index contributed by atoms with van der Waals surface area (Å²) in [4.78, 5) is 0. The molecular formula is C18H33F3N2O2. The van der Waals surface area contributed by atoms with Crippen LogP contribution in [0.15, 0.2) is 11.8 Å². The fourth-order valence-corrected chi connectivity index (χ4v) is 3.09. The molecule has 2 unspecified atom stereocenters. The van der Waals surface area contributed by atoms with E-state index >= 15 is 0 Å². The van der Waals surface area contributed by atoms with Gasteiger partial charge in [0.15, 0.2) is 0 Å². The van der Waals surface area contributed by atoms with Gasteiger partial charge in [0.2, 0.25) is 0 Å². The third kappa shape index (κ3) is 10.7. The van der Waals surface area contributed by atoms with E-state index in [-0.39, 0.29) is 24.4 Å². The number of halogens is 3. The van der Waals surface area contributed by atoms with E-state index in [1.807, 2.05) is 6.92 Å². The molecule has 4 nitrogen and oxygen atoms in total. The first-order valence-corrected chi connectivity index (χ1v) is 9.38. The molecule has 0 aliphatic carbocycles. The second-order valence-electron chi connectivity index (χ2n) is 6.74. The Kier molecular flexibility index (Phi) is 10.5. The molecule has 0 radical (unpaired) electrons. The third-order valence-corrected chi connectivity index (χ3v) is 4.47. The van der Waals surface area contributed by atoms with Crippen LogP contribution in [0.4, 0.5) is 13.2 Å². The fourth-order valence-electron chi connectivity index (χ4n) is 3.09. The van der Waals surface area contributed by atoms with Crippen molar-refractivity contribution in [3.8, 4) is 0 Å². The largest absolute Gasteiger partial charge is 0.572 e. The van der Waals surface area contributed by atoms with Crippen LogP contribution in [0.5, 0.6) is 0 Å². The van der Waals surface area contributed by atoms with Crippen molar-refractivity contribution in [1.82, 2.24) is 5.32 Å². The van der Waals surface area contributed by atoms with Crippen LogP contribution in [0, 0.1) is 5.92 Å². The smallest absolute Gasteiger partial charge is 0.411 e. The van der Waals surface area contributed by atoms with Gasteiger partial charge in [-0.15, -0.1) is 13.2 Å². The van der Waals surface area contributed by atoms with E-state index in [1.165, 1.54) is 6.08 Å². The van der Waals surface area contributed by atoms with Gasteiger partial charge in [-0.3, -0.25) is 5.32 Å². The highest BCUT2D eigenvalue weighted by atomic mass is 19.4. The van der Waals surface area contributed by atoms with Crippen LogP contribution in [-0.2, 0) is 9.47 Å². The highest BCUT2D eigenvalue weighted by Crippen LogP contribution is 2.24. The lowest BCUT2D eigenvalue weighted by atomic mass is 9.98. The third-order valence-electron chi connectivity index (χ3n) is 4.47. The predicted octanol–water partition coefficient (Wildman–Crippen LogP) is 4.46. The summed E-state index contributed by atoms with van der Waals surface area (Å²) in [6.45, 7) is 5.65. The van der Waals surface area contributed by atoms with E-state index < -0.39 is 6.36 Å². The minimum atomic E-state index is -4.64. The molecule has 1 fully saturated rings. The first kappa shape index (κ1) is 22.3. The first-order valence-electron chi connectivity index (χ1n) is 9.38. The number of hydrogen-bond acceptors (Lipinski definition) is 4. The molecule has 7 heteroatoms. The summed E-state index contributed by atoms with van der Waals surface area (Å²) in [5.74, 6) is 0.617. The second-order valence-corrected chi connectivity index (χ2v) is 6.74. The molecule has 0 amide bonds. The monoisotopic (exact) mass is 366 g/mol. The summed E-state index contributed by atoms with van der Waals surface area (Å²) in [5.41, 5.74) is 6.04. The molecule has 1 heterocycles. The summed E-state index contributed by atoms with van der Waals surface area (Å²) >= 11 is 0.